The SMILES string of the molecule is O=C(O)c1cc(N2CCN(c3ccccn3)CC2)ccc1NS(=O)(=O)c1ccc(Cl)cc1. The first-order valence-corrected chi connectivity index (χ1v) is 11.8. The van der Waals surface area contributed by atoms with Crippen LogP contribution in [0.25, 0.3) is 0 Å². The van der Waals surface area contributed by atoms with Crippen molar-refractivity contribution in [3.8, 4) is 0 Å². The lowest BCUT2D eigenvalue weighted by atomic mass is 10.1. The molecule has 2 heterocycles. The van der Waals surface area contributed by atoms with E-state index >= 15 is 0 Å². The van der Waals surface area contributed by atoms with Crippen LogP contribution in [0.1, 0.15) is 10.4 Å². The minimum atomic E-state index is -3.96. The van der Waals surface area contributed by atoms with Crippen LogP contribution >= 0.6 is 11.6 Å². The number of sulfonamides is 1. The first-order chi connectivity index (χ1) is 15.3. The van der Waals surface area contributed by atoms with Crippen molar-refractivity contribution in [1.29, 1.82) is 0 Å². The number of pyridine rings is 1. The predicted octanol–water partition coefficient (Wildman–Crippen LogP) is 3.56. The Morgan fingerprint density at radius 1 is 0.969 bits per heavy atom. The zero-order chi connectivity index (χ0) is 22.7. The minimum absolute atomic E-state index is 0.00308. The monoisotopic (exact) mass is 472 g/mol. The van der Waals surface area contributed by atoms with Crippen LogP contribution in [-0.2, 0) is 10.0 Å². The van der Waals surface area contributed by atoms with Gasteiger partial charge in [0.1, 0.15) is 5.82 Å². The van der Waals surface area contributed by atoms with Crippen LogP contribution in [0.4, 0.5) is 17.2 Å². The number of nitrogens with one attached hydrogen (secondary N) is 1. The molecule has 1 saturated heterocycles. The smallest absolute Gasteiger partial charge is 0.337 e. The Morgan fingerprint density at radius 3 is 2.28 bits per heavy atom. The maximum absolute atomic E-state index is 12.7. The molecule has 0 atom stereocenters. The highest BCUT2D eigenvalue weighted by Gasteiger charge is 2.22. The molecule has 0 radical (unpaired) electrons. The number of carboxylic acids is 1. The maximum atomic E-state index is 12.7. The number of carboxylic acid groups (broad SMARTS) is 1. The molecule has 4 rings (SSSR count). The Hall–Kier alpha value is -3.30. The number of piperazine rings is 1. The summed E-state index contributed by atoms with van der Waals surface area (Å²) in [6, 6.07) is 16.1. The molecule has 32 heavy (non-hydrogen) atoms. The van der Waals surface area contributed by atoms with E-state index in [0.29, 0.717) is 18.1 Å². The number of hydrogen-bond donors (Lipinski definition) is 2. The van der Waals surface area contributed by atoms with Gasteiger partial charge in [0.15, 0.2) is 0 Å². The summed E-state index contributed by atoms with van der Waals surface area (Å²) in [5.74, 6) is -0.307. The van der Waals surface area contributed by atoms with Crippen molar-refractivity contribution in [2.24, 2.45) is 0 Å². The summed E-state index contributed by atoms with van der Waals surface area (Å²) in [5, 5.41) is 10.1. The lowest BCUT2D eigenvalue weighted by Crippen LogP contribution is -2.46. The highest BCUT2D eigenvalue weighted by atomic mass is 35.5. The maximum Gasteiger partial charge on any atom is 0.337 e. The van der Waals surface area contributed by atoms with Crippen molar-refractivity contribution in [2.75, 3.05) is 40.7 Å². The molecule has 3 aromatic rings. The van der Waals surface area contributed by atoms with Crippen molar-refractivity contribution in [2.45, 2.75) is 4.90 Å². The van der Waals surface area contributed by atoms with Gasteiger partial charge in [0.05, 0.1) is 16.1 Å². The van der Waals surface area contributed by atoms with E-state index in [9.17, 15) is 18.3 Å². The summed E-state index contributed by atoms with van der Waals surface area (Å²) < 4.78 is 27.7. The van der Waals surface area contributed by atoms with Gasteiger partial charge in [-0.05, 0) is 54.6 Å². The molecule has 0 bridgehead atoms. The number of aromatic carboxylic acids is 1. The topological polar surface area (TPSA) is 103 Å². The van der Waals surface area contributed by atoms with Gasteiger partial charge in [0.2, 0.25) is 0 Å². The number of benzene rings is 2. The number of hydrogen-bond acceptors (Lipinski definition) is 6. The van der Waals surface area contributed by atoms with Crippen LogP contribution in [-0.4, -0.2) is 50.7 Å². The van der Waals surface area contributed by atoms with E-state index < -0.39 is 16.0 Å². The third-order valence-electron chi connectivity index (χ3n) is 5.22. The predicted molar refractivity (Wildman–Crippen MR) is 124 cm³/mol. The Balaban J connectivity index is 1.52. The molecule has 166 valence electrons. The van der Waals surface area contributed by atoms with E-state index in [0.717, 1.165) is 24.6 Å². The fourth-order valence-electron chi connectivity index (χ4n) is 3.55. The van der Waals surface area contributed by atoms with E-state index in [1.165, 1.54) is 36.4 Å². The second-order valence-electron chi connectivity index (χ2n) is 7.26. The second-order valence-corrected chi connectivity index (χ2v) is 9.38. The Labute approximate surface area is 191 Å². The second kappa shape index (κ2) is 9.05. The van der Waals surface area contributed by atoms with Crippen LogP contribution in [0.2, 0.25) is 5.02 Å². The van der Waals surface area contributed by atoms with Gasteiger partial charge in [-0.1, -0.05) is 17.7 Å². The average Bonchev–Trinajstić information content (AvgIpc) is 2.80. The molecule has 0 amide bonds. The van der Waals surface area contributed by atoms with Crippen LogP contribution in [0, 0.1) is 0 Å². The average molecular weight is 473 g/mol. The quantitative estimate of drug-likeness (QED) is 0.565. The van der Waals surface area contributed by atoms with E-state index in [-0.39, 0.29) is 16.1 Å². The number of halogens is 1. The summed E-state index contributed by atoms with van der Waals surface area (Å²) in [7, 11) is -3.96. The van der Waals surface area contributed by atoms with Gasteiger partial charge in [-0.15, -0.1) is 0 Å². The zero-order valence-electron chi connectivity index (χ0n) is 17.0. The largest absolute Gasteiger partial charge is 0.478 e. The first kappa shape index (κ1) is 21.9. The summed E-state index contributed by atoms with van der Waals surface area (Å²) >= 11 is 5.82. The summed E-state index contributed by atoms with van der Waals surface area (Å²) in [6.45, 7) is 2.85. The molecule has 2 aromatic carbocycles. The van der Waals surface area contributed by atoms with Gasteiger partial charge in [0, 0.05) is 43.1 Å². The molecule has 0 spiro atoms. The van der Waals surface area contributed by atoms with Crippen molar-refractivity contribution < 1.29 is 18.3 Å². The van der Waals surface area contributed by atoms with Gasteiger partial charge >= 0.3 is 5.97 Å². The molecule has 8 nitrogen and oxygen atoms in total. The standard InChI is InChI=1S/C22H21ClN4O4S/c23-16-4-7-18(8-5-16)32(30,31)25-20-9-6-17(15-19(20)22(28)29)26-11-13-27(14-12-26)21-3-1-2-10-24-21/h1-10,15,25H,11-14H2,(H,28,29). The van der Waals surface area contributed by atoms with E-state index in [1.54, 1.807) is 12.3 Å². The van der Waals surface area contributed by atoms with E-state index in [4.69, 9.17) is 11.6 Å². The molecule has 0 aliphatic carbocycles. The van der Waals surface area contributed by atoms with Gasteiger partial charge in [-0.25, -0.2) is 18.2 Å². The fraction of sp³-hybridized carbons (Fsp3) is 0.182. The normalized spacial score (nSPS) is 14.3. The Kier molecular flexibility index (Phi) is 6.20. The minimum Gasteiger partial charge on any atom is -0.478 e. The van der Waals surface area contributed by atoms with Crippen LogP contribution < -0.4 is 14.5 Å². The summed E-state index contributed by atoms with van der Waals surface area (Å²) in [4.78, 5) is 20.5. The van der Waals surface area contributed by atoms with Crippen molar-refractivity contribution in [3.05, 3.63) is 77.4 Å². The summed E-state index contributed by atoms with van der Waals surface area (Å²) in [6.07, 6.45) is 1.75. The Morgan fingerprint density at radius 2 is 1.66 bits per heavy atom. The molecule has 0 saturated carbocycles. The first-order valence-electron chi connectivity index (χ1n) is 9.90. The van der Waals surface area contributed by atoms with Gasteiger partial charge in [-0.2, -0.15) is 0 Å². The van der Waals surface area contributed by atoms with E-state index in [2.05, 4.69) is 19.5 Å². The highest BCUT2D eigenvalue weighted by Crippen LogP contribution is 2.27. The number of anilines is 3. The molecule has 1 aliphatic rings. The summed E-state index contributed by atoms with van der Waals surface area (Å²) in [5.41, 5.74) is 0.605. The lowest BCUT2D eigenvalue weighted by molar-refractivity contribution is 0.0698. The number of aromatic nitrogens is 1. The van der Waals surface area contributed by atoms with Gasteiger partial charge in [-0.3, -0.25) is 4.72 Å². The van der Waals surface area contributed by atoms with Crippen LogP contribution in [0.5, 0.6) is 0 Å². The molecular weight excluding hydrogens is 452 g/mol. The van der Waals surface area contributed by atoms with Crippen LogP contribution in [0.3, 0.4) is 0 Å². The van der Waals surface area contributed by atoms with Crippen LogP contribution in [0.15, 0.2) is 71.8 Å². The van der Waals surface area contributed by atoms with E-state index in [1.807, 2.05) is 18.2 Å². The molecule has 2 N–H and O–H groups in total. The molecule has 10 heteroatoms. The molecular formula is C22H21ClN4O4S. The zero-order valence-corrected chi connectivity index (χ0v) is 18.6. The number of nitrogens with zero attached hydrogens (tertiary/aromatic N) is 3. The van der Waals surface area contributed by atoms with Crippen molar-refractivity contribution in [1.82, 2.24) is 4.98 Å². The number of carbonyl (C=O) groups is 1. The number of rotatable bonds is 6. The molecule has 1 aliphatic heterocycles. The molecule has 1 fully saturated rings. The molecule has 0 unspecified atom stereocenters. The van der Waals surface area contributed by atoms with Crippen molar-refractivity contribution in [3.63, 3.8) is 0 Å². The fourth-order valence-corrected chi connectivity index (χ4v) is 4.75. The van der Waals surface area contributed by atoms with Gasteiger partial charge in [0.25, 0.3) is 10.0 Å². The lowest BCUT2D eigenvalue weighted by Gasteiger charge is -2.36. The molecule has 1 aromatic heterocycles. The van der Waals surface area contributed by atoms with Crippen molar-refractivity contribution >= 4 is 44.8 Å². The third-order valence-corrected chi connectivity index (χ3v) is 6.85. The Bertz CT molecular complexity index is 1210. The third kappa shape index (κ3) is 4.79. The van der Waals surface area contributed by atoms with Gasteiger partial charge < -0.3 is 14.9 Å². The highest BCUT2D eigenvalue weighted by molar-refractivity contribution is 7.92.